The van der Waals surface area contributed by atoms with Crippen molar-refractivity contribution in [1.82, 2.24) is 15.2 Å². The third-order valence-corrected chi connectivity index (χ3v) is 4.18. The summed E-state index contributed by atoms with van der Waals surface area (Å²) in [6.07, 6.45) is -2.09. The molecular weight excluding hydrogens is 331 g/mol. The molecule has 1 aliphatic heterocycles. The Labute approximate surface area is 136 Å². The fraction of sp³-hybridized carbons (Fsp3) is 0.571. The van der Waals surface area contributed by atoms with Gasteiger partial charge in [0.25, 0.3) is 0 Å². The maximum atomic E-state index is 12.1. The van der Waals surface area contributed by atoms with E-state index in [0.717, 1.165) is 24.5 Å². The zero-order valence-electron chi connectivity index (χ0n) is 12.4. The van der Waals surface area contributed by atoms with Crippen LogP contribution in [0, 0.1) is 0 Å². The summed E-state index contributed by atoms with van der Waals surface area (Å²) in [4.78, 5) is 17.6. The molecule has 2 rings (SSSR count). The highest BCUT2D eigenvalue weighted by Gasteiger charge is 2.28. The third-order valence-electron chi connectivity index (χ3n) is 3.14. The number of hydrogen-bond acceptors (Lipinski definition) is 4. The average molecular weight is 349 g/mol. The summed E-state index contributed by atoms with van der Waals surface area (Å²) in [6, 6.07) is 2.85. The number of aromatic nitrogens is 1. The Hall–Kier alpha value is -1.64. The second-order valence-corrected chi connectivity index (χ2v) is 6.24. The Bertz CT molecular complexity index is 520. The number of hydrogen-bond donors (Lipinski definition) is 1. The fourth-order valence-corrected chi connectivity index (χ4v) is 2.92. The van der Waals surface area contributed by atoms with Gasteiger partial charge in [-0.05, 0) is 23.8 Å². The maximum absolute atomic E-state index is 12.1. The molecule has 1 aliphatic rings. The van der Waals surface area contributed by atoms with Gasteiger partial charge in [-0.3, -0.25) is 0 Å². The lowest BCUT2D eigenvalue weighted by Gasteiger charge is -2.20. The Kier molecular flexibility index (Phi) is 6.37. The molecular formula is C14H18F3N3O2S. The average Bonchev–Trinajstić information content (AvgIpc) is 2.80. The summed E-state index contributed by atoms with van der Waals surface area (Å²) in [5.74, 6) is 1.85. The first-order chi connectivity index (χ1) is 10.9. The topological polar surface area (TPSA) is 54.5 Å². The number of thioether (sulfide) groups is 1. The Morgan fingerprint density at radius 1 is 1.39 bits per heavy atom. The van der Waals surface area contributed by atoms with Crippen LogP contribution in [-0.2, 0) is 6.54 Å². The lowest BCUT2D eigenvalue weighted by molar-refractivity contribution is -0.154. The van der Waals surface area contributed by atoms with E-state index in [1.54, 1.807) is 11.0 Å². The Morgan fingerprint density at radius 3 is 3.00 bits per heavy atom. The molecule has 2 amide bonds. The lowest BCUT2D eigenvalue weighted by atomic mass is 10.2. The zero-order chi connectivity index (χ0) is 16.7. The van der Waals surface area contributed by atoms with E-state index >= 15 is 0 Å². The van der Waals surface area contributed by atoms with Crippen LogP contribution >= 0.6 is 11.8 Å². The quantitative estimate of drug-likeness (QED) is 0.908. The van der Waals surface area contributed by atoms with E-state index in [9.17, 15) is 18.0 Å². The number of nitrogens with zero attached hydrogens (tertiary/aromatic N) is 2. The lowest BCUT2D eigenvalue weighted by Crippen LogP contribution is -2.40. The van der Waals surface area contributed by atoms with Crippen molar-refractivity contribution in [3.63, 3.8) is 0 Å². The molecule has 0 saturated carbocycles. The standard InChI is InChI=1S/C14H18F3N3O2S/c15-14(16,17)10-22-12-8-11(2-3-18-12)9-19-13(21)20-4-1-6-23-7-5-20/h2-3,8H,1,4-7,9-10H2,(H,19,21). The third kappa shape index (κ3) is 6.55. The van der Waals surface area contributed by atoms with Crippen molar-refractivity contribution in [2.75, 3.05) is 31.2 Å². The zero-order valence-corrected chi connectivity index (χ0v) is 13.3. The van der Waals surface area contributed by atoms with Crippen molar-refractivity contribution in [2.24, 2.45) is 0 Å². The Morgan fingerprint density at radius 2 is 2.22 bits per heavy atom. The van der Waals surface area contributed by atoms with Gasteiger partial charge in [-0.2, -0.15) is 24.9 Å². The number of carbonyl (C=O) groups is 1. The second-order valence-electron chi connectivity index (χ2n) is 5.02. The van der Waals surface area contributed by atoms with Crippen LogP contribution in [0.25, 0.3) is 0 Å². The number of carbonyl (C=O) groups excluding carboxylic acids is 1. The van der Waals surface area contributed by atoms with Gasteiger partial charge in [0.2, 0.25) is 5.88 Å². The monoisotopic (exact) mass is 349 g/mol. The number of urea groups is 1. The number of nitrogens with one attached hydrogen (secondary N) is 1. The number of rotatable bonds is 4. The SMILES string of the molecule is O=C(NCc1ccnc(OCC(F)(F)F)c1)N1CCCSCC1. The van der Waals surface area contributed by atoms with Gasteiger partial charge in [0.1, 0.15) is 0 Å². The summed E-state index contributed by atoms with van der Waals surface area (Å²) in [5.41, 5.74) is 0.634. The summed E-state index contributed by atoms with van der Waals surface area (Å²) < 4.78 is 40.9. The van der Waals surface area contributed by atoms with Crippen LogP contribution in [0.15, 0.2) is 18.3 Å². The molecule has 1 aromatic heterocycles. The van der Waals surface area contributed by atoms with E-state index in [0.29, 0.717) is 12.1 Å². The highest BCUT2D eigenvalue weighted by molar-refractivity contribution is 7.99. The molecule has 23 heavy (non-hydrogen) atoms. The predicted octanol–water partition coefficient (Wildman–Crippen LogP) is 2.67. The summed E-state index contributed by atoms with van der Waals surface area (Å²) in [7, 11) is 0. The van der Waals surface area contributed by atoms with Crippen LogP contribution in [0.4, 0.5) is 18.0 Å². The van der Waals surface area contributed by atoms with Crippen LogP contribution in [-0.4, -0.2) is 53.3 Å². The van der Waals surface area contributed by atoms with Crippen LogP contribution in [0.1, 0.15) is 12.0 Å². The van der Waals surface area contributed by atoms with Gasteiger partial charge in [0, 0.05) is 37.7 Å². The van der Waals surface area contributed by atoms with Gasteiger partial charge < -0.3 is 15.0 Å². The largest absolute Gasteiger partial charge is 0.468 e. The molecule has 0 spiro atoms. The van der Waals surface area contributed by atoms with Gasteiger partial charge in [-0.1, -0.05) is 0 Å². The van der Waals surface area contributed by atoms with Crippen LogP contribution in [0.2, 0.25) is 0 Å². The number of pyridine rings is 1. The molecule has 0 aromatic carbocycles. The minimum absolute atomic E-state index is 0.111. The number of alkyl halides is 3. The minimum atomic E-state index is -4.41. The fourth-order valence-electron chi connectivity index (χ4n) is 2.03. The van der Waals surface area contributed by atoms with Crippen molar-refractivity contribution < 1.29 is 22.7 Å². The van der Waals surface area contributed by atoms with E-state index in [1.165, 1.54) is 12.3 Å². The van der Waals surface area contributed by atoms with E-state index in [2.05, 4.69) is 15.0 Å². The molecule has 1 fully saturated rings. The maximum Gasteiger partial charge on any atom is 0.422 e. The molecule has 1 saturated heterocycles. The molecule has 0 unspecified atom stereocenters. The Balaban J connectivity index is 1.84. The van der Waals surface area contributed by atoms with Crippen molar-refractivity contribution in [1.29, 1.82) is 0 Å². The van der Waals surface area contributed by atoms with Crippen molar-refractivity contribution in [3.05, 3.63) is 23.9 Å². The van der Waals surface area contributed by atoms with Crippen LogP contribution in [0.5, 0.6) is 5.88 Å². The number of halogens is 3. The molecule has 9 heteroatoms. The van der Waals surface area contributed by atoms with E-state index < -0.39 is 12.8 Å². The first-order valence-electron chi connectivity index (χ1n) is 7.19. The molecule has 0 radical (unpaired) electrons. The van der Waals surface area contributed by atoms with Gasteiger partial charge in [-0.25, -0.2) is 9.78 Å². The smallest absolute Gasteiger partial charge is 0.422 e. The molecule has 0 bridgehead atoms. The molecule has 1 aromatic rings. The van der Waals surface area contributed by atoms with Gasteiger partial charge in [-0.15, -0.1) is 0 Å². The summed E-state index contributed by atoms with van der Waals surface area (Å²) >= 11 is 1.82. The van der Waals surface area contributed by atoms with Crippen LogP contribution in [0.3, 0.4) is 0 Å². The van der Waals surface area contributed by atoms with E-state index in [-0.39, 0.29) is 18.5 Å². The molecule has 5 nitrogen and oxygen atoms in total. The van der Waals surface area contributed by atoms with Crippen LogP contribution < -0.4 is 10.1 Å². The van der Waals surface area contributed by atoms with Gasteiger partial charge in [0.15, 0.2) is 6.61 Å². The second kappa shape index (κ2) is 8.28. The summed E-state index contributed by atoms with van der Waals surface area (Å²) in [6.45, 7) is 0.247. The molecule has 1 N–H and O–H groups in total. The first kappa shape index (κ1) is 17.7. The first-order valence-corrected chi connectivity index (χ1v) is 8.34. The molecule has 0 aliphatic carbocycles. The van der Waals surface area contributed by atoms with Crippen molar-refractivity contribution in [2.45, 2.75) is 19.1 Å². The molecule has 2 heterocycles. The normalized spacial score (nSPS) is 15.9. The van der Waals surface area contributed by atoms with Crippen molar-refractivity contribution in [3.8, 4) is 5.88 Å². The van der Waals surface area contributed by atoms with Gasteiger partial charge >= 0.3 is 12.2 Å². The number of amides is 2. The molecule has 0 atom stereocenters. The number of ether oxygens (including phenoxy) is 1. The summed E-state index contributed by atoms with van der Waals surface area (Å²) in [5, 5.41) is 2.77. The predicted molar refractivity (Wildman–Crippen MR) is 81.5 cm³/mol. The van der Waals surface area contributed by atoms with E-state index in [4.69, 9.17) is 0 Å². The molecule has 128 valence electrons. The van der Waals surface area contributed by atoms with E-state index in [1.807, 2.05) is 11.8 Å². The van der Waals surface area contributed by atoms with Crippen molar-refractivity contribution >= 4 is 17.8 Å². The van der Waals surface area contributed by atoms with Gasteiger partial charge in [0.05, 0.1) is 0 Å². The highest BCUT2D eigenvalue weighted by atomic mass is 32.2. The minimum Gasteiger partial charge on any atom is -0.468 e. The highest BCUT2D eigenvalue weighted by Crippen LogP contribution is 2.17.